The van der Waals surface area contributed by atoms with Crippen molar-refractivity contribution in [2.24, 2.45) is 28.4 Å². The van der Waals surface area contributed by atoms with Crippen molar-refractivity contribution < 1.29 is 38.7 Å². The van der Waals surface area contributed by atoms with E-state index in [1.54, 1.807) is 14.2 Å². The Labute approximate surface area is 204 Å². The van der Waals surface area contributed by atoms with Crippen LogP contribution in [-0.2, 0) is 19.1 Å². The van der Waals surface area contributed by atoms with Crippen molar-refractivity contribution in [2.45, 2.75) is 19.1 Å². The van der Waals surface area contributed by atoms with Crippen LogP contribution in [0.5, 0.6) is 11.5 Å². The molecule has 4 N–H and O–H groups in total. The number of carboxylic acid groups (broad SMARTS) is 2. The van der Waals surface area contributed by atoms with Crippen LogP contribution in [0.4, 0.5) is 0 Å². The van der Waals surface area contributed by atoms with Crippen molar-refractivity contribution in [3.05, 3.63) is 60.7 Å². The van der Waals surface area contributed by atoms with Crippen LogP contribution in [0.15, 0.2) is 60.7 Å². The fourth-order valence-electron chi connectivity index (χ4n) is 4.35. The van der Waals surface area contributed by atoms with Gasteiger partial charge in [-0.05, 0) is 37.1 Å². The van der Waals surface area contributed by atoms with Crippen molar-refractivity contribution in [3.63, 3.8) is 0 Å². The lowest BCUT2D eigenvalue weighted by Gasteiger charge is -2.22. The summed E-state index contributed by atoms with van der Waals surface area (Å²) < 4.78 is 21.7. The molecule has 0 amide bonds. The number of aliphatic carboxylic acids is 2. The molecule has 0 saturated heterocycles. The molecule has 0 heterocycles. The van der Waals surface area contributed by atoms with E-state index in [1.165, 1.54) is 0 Å². The Kier molecular flexibility index (Phi) is 8.71. The van der Waals surface area contributed by atoms with Crippen molar-refractivity contribution in [3.8, 4) is 11.5 Å². The van der Waals surface area contributed by atoms with Crippen LogP contribution in [-0.4, -0.2) is 62.4 Å². The molecule has 0 radical (unpaired) electrons. The fraction of sp³-hybridized carbons (Fsp3) is 0.462. The highest BCUT2D eigenvalue weighted by atomic mass is 16.7. The average Bonchev–Trinajstić information content (AvgIpc) is 3.75. The topological polar surface area (TPSA) is 138 Å². The fourth-order valence-corrected chi connectivity index (χ4v) is 4.35. The number of rotatable bonds is 12. The molecule has 35 heavy (non-hydrogen) atoms. The van der Waals surface area contributed by atoms with Crippen LogP contribution in [0.2, 0.25) is 0 Å². The molecule has 3 unspecified atom stereocenters. The summed E-state index contributed by atoms with van der Waals surface area (Å²) in [5, 5.41) is 18.2. The second kappa shape index (κ2) is 11.5. The maximum absolute atomic E-state index is 11.5. The summed E-state index contributed by atoms with van der Waals surface area (Å²) >= 11 is 0. The van der Waals surface area contributed by atoms with Gasteiger partial charge in [-0.1, -0.05) is 36.4 Å². The Bertz CT molecular complexity index is 922. The lowest BCUT2D eigenvalue weighted by atomic mass is 10.0. The predicted molar refractivity (Wildman–Crippen MR) is 127 cm³/mol. The minimum absolute atomic E-state index is 0.0692. The molecule has 2 saturated carbocycles. The number of nitrogens with two attached hydrogens (primary N) is 1. The summed E-state index contributed by atoms with van der Waals surface area (Å²) in [6, 6.07) is 18.5. The number of carbonyl (C=O) groups is 2. The van der Waals surface area contributed by atoms with Gasteiger partial charge < -0.3 is 34.9 Å². The molecule has 0 spiro atoms. The van der Waals surface area contributed by atoms with Crippen LogP contribution in [0.1, 0.15) is 12.8 Å². The molecule has 0 aliphatic heterocycles. The molecule has 2 fully saturated rings. The maximum atomic E-state index is 11.5. The zero-order valence-corrected chi connectivity index (χ0v) is 20.0. The Hall–Kier alpha value is -3.14. The molecular formula is C26H33NO8. The van der Waals surface area contributed by atoms with Crippen molar-refractivity contribution in [1.82, 2.24) is 0 Å². The molecular weight excluding hydrogens is 454 g/mol. The molecule has 4 rings (SSSR count). The number of hydrogen-bond acceptors (Lipinski definition) is 7. The number of carboxylic acids is 2. The van der Waals surface area contributed by atoms with Crippen LogP contribution >= 0.6 is 0 Å². The standard InChI is InChI=1S/C18H19NO4.C8H14O4/c19-12-18(17(20)21)11-15(18)16(22-13-7-3-1-4-8-13)23-14-9-5-2-6-10-14;1-11-4-8(5-12-2)3-6(8)7(9)10/h1-10,15-16H,11-12,19H2,(H,20,21);6H,3-5H2,1-2H3,(H,9,10). The predicted octanol–water partition coefficient (Wildman–Crippen LogP) is 2.89. The van der Waals surface area contributed by atoms with Crippen LogP contribution in [0.25, 0.3) is 0 Å². The molecule has 0 bridgehead atoms. The zero-order chi connectivity index (χ0) is 25.5. The first-order chi connectivity index (χ1) is 16.8. The van der Waals surface area contributed by atoms with E-state index in [9.17, 15) is 14.7 Å². The second-order valence-corrected chi connectivity index (χ2v) is 9.03. The highest BCUT2D eigenvalue weighted by Crippen LogP contribution is 2.55. The van der Waals surface area contributed by atoms with E-state index < -0.39 is 23.6 Å². The van der Waals surface area contributed by atoms with E-state index in [0.717, 1.165) is 0 Å². The van der Waals surface area contributed by atoms with E-state index >= 15 is 0 Å². The lowest BCUT2D eigenvalue weighted by Crippen LogP contribution is -2.35. The molecule has 9 nitrogen and oxygen atoms in total. The number of para-hydroxylation sites is 2. The van der Waals surface area contributed by atoms with E-state index in [4.69, 9.17) is 29.8 Å². The van der Waals surface area contributed by atoms with Crippen LogP contribution in [0, 0.1) is 22.7 Å². The first-order valence-corrected chi connectivity index (χ1v) is 11.4. The first kappa shape index (κ1) is 26.5. The third-order valence-electron chi connectivity index (χ3n) is 6.59. The molecule has 2 aliphatic rings. The van der Waals surface area contributed by atoms with Gasteiger partial charge in [0.15, 0.2) is 0 Å². The number of ether oxygens (including phenoxy) is 4. The monoisotopic (exact) mass is 487 g/mol. The number of benzene rings is 2. The third kappa shape index (κ3) is 6.30. The van der Waals surface area contributed by atoms with Crippen molar-refractivity contribution in [2.75, 3.05) is 34.0 Å². The molecule has 9 heteroatoms. The summed E-state index contributed by atoms with van der Waals surface area (Å²) in [7, 11) is 3.16. The Morgan fingerprint density at radius 3 is 1.71 bits per heavy atom. The van der Waals surface area contributed by atoms with Gasteiger partial charge in [0.2, 0.25) is 6.29 Å². The summed E-state index contributed by atoms with van der Waals surface area (Å²) in [5.74, 6) is -0.941. The molecule has 2 aromatic rings. The minimum atomic E-state index is -0.964. The Balaban J connectivity index is 0.000000241. The third-order valence-corrected chi connectivity index (χ3v) is 6.59. The summed E-state index contributed by atoms with van der Waals surface area (Å²) in [5.41, 5.74) is 4.47. The van der Waals surface area contributed by atoms with Gasteiger partial charge in [0.1, 0.15) is 11.5 Å². The highest BCUT2D eigenvalue weighted by molar-refractivity contribution is 5.79. The Morgan fingerprint density at radius 1 is 0.914 bits per heavy atom. The van der Waals surface area contributed by atoms with Gasteiger partial charge in [-0.25, -0.2) is 0 Å². The molecule has 190 valence electrons. The molecule has 3 atom stereocenters. The van der Waals surface area contributed by atoms with Gasteiger partial charge in [-0.3, -0.25) is 9.59 Å². The van der Waals surface area contributed by atoms with Gasteiger partial charge in [-0.15, -0.1) is 0 Å². The van der Waals surface area contributed by atoms with Crippen LogP contribution in [0.3, 0.4) is 0 Å². The van der Waals surface area contributed by atoms with E-state index in [2.05, 4.69) is 0 Å². The highest BCUT2D eigenvalue weighted by Gasteiger charge is 2.64. The van der Waals surface area contributed by atoms with Crippen molar-refractivity contribution in [1.29, 1.82) is 0 Å². The minimum Gasteiger partial charge on any atom is -0.481 e. The number of methoxy groups -OCH3 is 2. The lowest BCUT2D eigenvalue weighted by molar-refractivity contribution is -0.145. The second-order valence-electron chi connectivity index (χ2n) is 9.03. The largest absolute Gasteiger partial charge is 0.481 e. The number of hydrogen-bond donors (Lipinski definition) is 3. The summed E-state index contributed by atoms with van der Waals surface area (Å²) in [6.45, 7) is 1.01. The van der Waals surface area contributed by atoms with Gasteiger partial charge in [0.05, 0.1) is 30.5 Å². The smallest absolute Gasteiger partial charge is 0.311 e. The molecule has 0 aromatic heterocycles. The average molecular weight is 488 g/mol. The SMILES string of the molecule is COCC1(COC)CC1C(=O)O.NCC1(C(=O)O)CC1C(Oc1ccccc1)Oc1ccccc1. The molecule has 2 aliphatic carbocycles. The Morgan fingerprint density at radius 2 is 1.40 bits per heavy atom. The summed E-state index contributed by atoms with van der Waals surface area (Å²) in [6.07, 6.45) is 0.423. The molecule has 2 aromatic carbocycles. The maximum Gasteiger partial charge on any atom is 0.311 e. The van der Waals surface area contributed by atoms with Gasteiger partial charge in [0, 0.05) is 26.2 Å². The quantitative estimate of drug-likeness (QED) is 0.386. The summed E-state index contributed by atoms with van der Waals surface area (Å²) in [4.78, 5) is 22.2. The van der Waals surface area contributed by atoms with Crippen molar-refractivity contribution >= 4 is 11.9 Å². The van der Waals surface area contributed by atoms with E-state index in [1.807, 2.05) is 60.7 Å². The van der Waals surface area contributed by atoms with Gasteiger partial charge in [-0.2, -0.15) is 0 Å². The van der Waals surface area contributed by atoms with Gasteiger partial charge >= 0.3 is 11.9 Å². The zero-order valence-electron chi connectivity index (χ0n) is 20.0. The van der Waals surface area contributed by atoms with E-state index in [-0.39, 0.29) is 23.8 Å². The normalized spacial score (nSPS) is 23.5. The first-order valence-electron chi connectivity index (χ1n) is 11.4. The van der Waals surface area contributed by atoms with Gasteiger partial charge in [0.25, 0.3) is 0 Å². The van der Waals surface area contributed by atoms with Crippen LogP contribution < -0.4 is 15.2 Å². The van der Waals surface area contributed by atoms with E-state index in [0.29, 0.717) is 37.6 Å².